The van der Waals surface area contributed by atoms with Crippen molar-refractivity contribution in [2.45, 2.75) is 12.6 Å². The minimum Gasteiger partial charge on any atom is -0.321 e. The van der Waals surface area contributed by atoms with Crippen molar-refractivity contribution in [1.29, 1.82) is 0 Å². The Morgan fingerprint density at radius 1 is 0.710 bits per heavy atom. The van der Waals surface area contributed by atoms with Gasteiger partial charge in [0.15, 0.2) is 0 Å². The molecule has 1 aromatic heterocycles. The molecule has 0 unspecified atom stereocenters. The fourth-order valence-electron chi connectivity index (χ4n) is 4.70. The topological polar surface area (TPSA) is 21.8 Å². The lowest BCUT2D eigenvalue weighted by Gasteiger charge is -2.35. The number of benzene rings is 3. The van der Waals surface area contributed by atoms with Gasteiger partial charge in [-0.05, 0) is 0 Å². The minimum absolute atomic E-state index is 0.410. The standard InChI is InChI=1S/C27H27N3S/c1-4-10-22(11-5-1)26(23-12-6-2-7-13-23)30-18-16-29(17-19-30)20-25-21-31-27(28-25)24-14-8-3-9-15-24/h1-15,21,26H,16-20H2/p+2. The Kier molecular flexibility index (Phi) is 6.21. The van der Waals surface area contributed by atoms with Crippen LogP contribution in [0.2, 0.25) is 0 Å². The number of rotatable bonds is 6. The van der Waals surface area contributed by atoms with Crippen molar-refractivity contribution >= 4 is 11.3 Å². The molecule has 4 aromatic rings. The van der Waals surface area contributed by atoms with Gasteiger partial charge in [0.1, 0.15) is 49.5 Å². The van der Waals surface area contributed by atoms with Crippen molar-refractivity contribution in [3.8, 4) is 10.6 Å². The summed E-state index contributed by atoms with van der Waals surface area (Å²) in [5.41, 5.74) is 5.28. The van der Waals surface area contributed by atoms with Crippen LogP contribution in [0.25, 0.3) is 10.6 Å². The van der Waals surface area contributed by atoms with E-state index in [0.29, 0.717) is 6.04 Å². The molecule has 0 bridgehead atoms. The van der Waals surface area contributed by atoms with E-state index < -0.39 is 0 Å². The molecular weight excluding hydrogens is 398 g/mol. The molecule has 156 valence electrons. The van der Waals surface area contributed by atoms with Crippen molar-refractivity contribution in [3.05, 3.63) is 113 Å². The zero-order chi connectivity index (χ0) is 20.9. The Labute approximate surface area is 188 Å². The maximum atomic E-state index is 4.91. The van der Waals surface area contributed by atoms with Crippen LogP contribution >= 0.6 is 11.3 Å². The molecule has 2 N–H and O–H groups in total. The lowest BCUT2D eigenvalue weighted by Crippen LogP contribution is -3.27. The van der Waals surface area contributed by atoms with Gasteiger partial charge in [-0.15, -0.1) is 11.3 Å². The van der Waals surface area contributed by atoms with Crippen LogP contribution < -0.4 is 9.80 Å². The molecule has 1 aliphatic heterocycles. The molecule has 5 rings (SSSR count). The van der Waals surface area contributed by atoms with Crippen LogP contribution in [0.3, 0.4) is 0 Å². The summed E-state index contributed by atoms with van der Waals surface area (Å²) in [7, 11) is 0. The Balaban J connectivity index is 1.26. The van der Waals surface area contributed by atoms with E-state index >= 15 is 0 Å². The van der Waals surface area contributed by atoms with Crippen LogP contribution in [-0.4, -0.2) is 31.2 Å². The molecule has 0 spiro atoms. The monoisotopic (exact) mass is 427 g/mol. The third-order valence-electron chi connectivity index (χ3n) is 6.28. The SMILES string of the molecule is c1ccc(-c2nc(C[NH+]3CC[NH+](C(c4ccccc4)c4ccccc4)CC3)cs2)cc1. The summed E-state index contributed by atoms with van der Waals surface area (Å²) in [6, 6.07) is 32.9. The number of nitrogens with one attached hydrogen (secondary N) is 2. The summed E-state index contributed by atoms with van der Waals surface area (Å²) in [4.78, 5) is 8.23. The Hall–Kier alpha value is -2.79. The van der Waals surface area contributed by atoms with E-state index in [1.54, 1.807) is 21.1 Å². The van der Waals surface area contributed by atoms with Crippen molar-refractivity contribution < 1.29 is 9.80 Å². The lowest BCUT2D eigenvalue weighted by atomic mass is 9.96. The maximum Gasteiger partial charge on any atom is 0.139 e. The summed E-state index contributed by atoms with van der Waals surface area (Å²) < 4.78 is 0. The van der Waals surface area contributed by atoms with Gasteiger partial charge in [0.2, 0.25) is 0 Å². The quantitative estimate of drug-likeness (QED) is 0.485. The highest BCUT2D eigenvalue weighted by Gasteiger charge is 2.31. The third kappa shape index (κ3) is 4.77. The molecular formula is C27H29N3S+2. The zero-order valence-corrected chi connectivity index (χ0v) is 18.5. The number of hydrogen-bond acceptors (Lipinski definition) is 2. The summed E-state index contributed by atoms with van der Waals surface area (Å²) >= 11 is 1.76. The van der Waals surface area contributed by atoms with E-state index in [-0.39, 0.29) is 0 Å². The largest absolute Gasteiger partial charge is 0.321 e. The van der Waals surface area contributed by atoms with Crippen molar-refractivity contribution in [2.75, 3.05) is 26.2 Å². The molecule has 3 aromatic carbocycles. The molecule has 1 fully saturated rings. The van der Waals surface area contributed by atoms with E-state index in [2.05, 4.69) is 96.4 Å². The van der Waals surface area contributed by atoms with Crippen LogP contribution in [0.5, 0.6) is 0 Å². The number of piperazine rings is 1. The van der Waals surface area contributed by atoms with Gasteiger partial charge in [-0.1, -0.05) is 91.0 Å². The highest BCUT2D eigenvalue weighted by molar-refractivity contribution is 7.13. The first kappa shape index (κ1) is 20.1. The van der Waals surface area contributed by atoms with Gasteiger partial charge in [0, 0.05) is 22.1 Å². The number of quaternary nitrogens is 2. The molecule has 0 saturated carbocycles. The van der Waals surface area contributed by atoms with Crippen molar-refractivity contribution in [3.63, 3.8) is 0 Å². The second-order valence-corrected chi connectivity index (χ2v) is 9.21. The average Bonchev–Trinajstić information content (AvgIpc) is 3.31. The predicted octanol–water partition coefficient (Wildman–Crippen LogP) is 2.88. The second kappa shape index (κ2) is 9.56. The Bertz CT molecular complexity index is 1030. The maximum absolute atomic E-state index is 4.91. The second-order valence-electron chi connectivity index (χ2n) is 8.35. The van der Waals surface area contributed by atoms with E-state index in [1.165, 1.54) is 48.6 Å². The van der Waals surface area contributed by atoms with Crippen LogP contribution in [0.4, 0.5) is 0 Å². The number of hydrogen-bond donors (Lipinski definition) is 2. The number of nitrogens with zero attached hydrogens (tertiary/aromatic N) is 1. The van der Waals surface area contributed by atoms with Gasteiger partial charge in [-0.2, -0.15) is 0 Å². The molecule has 4 heteroatoms. The van der Waals surface area contributed by atoms with Gasteiger partial charge >= 0.3 is 0 Å². The molecule has 3 nitrogen and oxygen atoms in total. The zero-order valence-electron chi connectivity index (χ0n) is 17.7. The third-order valence-corrected chi connectivity index (χ3v) is 7.22. The molecule has 0 amide bonds. The lowest BCUT2D eigenvalue weighted by molar-refractivity contribution is -1.03. The molecule has 0 radical (unpaired) electrons. The highest BCUT2D eigenvalue weighted by Crippen LogP contribution is 2.23. The Morgan fingerprint density at radius 3 is 1.84 bits per heavy atom. The molecule has 0 atom stereocenters. The first-order chi connectivity index (χ1) is 15.4. The molecule has 1 saturated heterocycles. The molecule has 2 heterocycles. The van der Waals surface area contributed by atoms with Gasteiger partial charge in [-0.3, -0.25) is 0 Å². The van der Waals surface area contributed by atoms with Crippen LogP contribution in [0.1, 0.15) is 22.9 Å². The van der Waals surface area contributed by atoms with Gasteiger partial charge in [-0.25, -0.2) is 4.98 Å². The summed E-state index contributed by atoms with van der Waals surface area (Å²) in [5, 5.41) is 3.37. The number of thiazole rings is 1. The molecule has 1 aliphatic rings. The highest BCUT2D eigenvalue weighted by atomic mass is 32.1. The van der Waals surface area contributed by atoms with Crippen LogP contribution in [0.15, 0.2) is 96.4 Å². The molecule has 31 heavy (non-hydrogen) atoms. The fourth-order valence-corrected chi connectivity index (χ4v) is 5.53. The molecule has 0 aliphatic carbocycles. The minimum atomic E-state index is 0.410. The van der Waals surface area contributed by atoms with Crippen LogP contribution in [-0.2, 0) is 6.54 Å². The average molecular weight is 428 g/mol. The predicted molar refractivity (Wildman–Crippen MR) is 127 cm³/mol. The van der Waals surface area contributed by atoms with Crippen LogP contribution in [0, 0.1) is 0 Å². The van der Waals surface area contributed by atoms with E-state index in [9.17, 15) is 0 Å². The smallest absolute Gasteiger partial charge is 0.139 e. The summed E-state index contributed by atoms with van der Waals surface area (Å²) in [6.45, 7) is 5.75. The Morgan fingerprint density at radius 2 is 1.26 bits per heavy atom. The van der Waals surface area contributed by atoms with Gasteiger partial charge in [0.05, 0.1) is 0 Å². The van der Waals surface area contributed by atoms with E-state index in [0.717, 1.165) is 11.6 Å². The van der Waals surface area contributed by atoms with E-state index in [1.807, 2.05) is 0 Å². The summed E-state index contributed by atoms with van der Waals surface area (Å²) in [6.07, 6.45) is 0. The van der Waals surface area contributed by atoms with Crippen molar-refractivity contribution in [1.82, 2.24) is 4.98 Å². The fraction of sp³-hybridized carbons (Fsp3) is 0.222. The first-order valence-corrected chi connectivity index (χ1v) is 12.0. The number of aromatic nitrogens is 1. The van der Waals surface area contributed by atoms with Gasteiger partial charge in [0.25, 0.3) is 0 Å². The normalized spacial score (nSPS) is 18.9. The van der Waals surface area contributed by atoms with Gasteiger partial charge < -0.3 is 9.80 Å². The summed E-state index contributed by atoms with van der Waals surface area (Å²) in [5.74, 6) is 0. The van der Waals surface area contributed by atoms with Crippen molar-refractivity contribution in [2.24, 2.45) is 0 Å². The first-order valence-electron chi connectivity index (χ1n) is 11.1. The van der Waals surface area contributed by atoms with E-state index in [4.69, 9.17) is 4.98 Å².